The molecular weight excluding hydrogens is 331 g/mol. The average molecular weight is 356 g/mol. The third-order valence-electron chi connectivity index (χ3n) is 4.37. The van der Waals surface area contributed by atoms with Crippen LogP contribution in [0.4, 0.5) is 4.39 Å². The third kappa shape index (κ3) is 4.91. The van der Waals surface area contributed by atoms with Gasteiger partial charge in [-0.3, -0.25) is 9.59 Å². The minimum atomic E-state index is -0.597. The van der Waals surface area contributed by atoms with E-state index in [1.54, 1.807) is 30.1 Å². The highest BCUT2D eigenvalue weighted by atomic mass is 19.1. The molecule has 0 aliphatic rings. The Morgan fingerprint density at radius 3 is 2.50 bits per heavy atom. The van der Waals surface area contributed by atoms with Crippen LogP contribution in [0.3, 0.4) is 0 Å². The Labute approximate surface area is 154 Å². The minimum absolute atomic E-state index is 0.0774. The molecular formula is C21H25FN2O2. The highest BCUT2D eigenvalue weighted by Crippen LogP contribution is 2.16. The van der Waals surface area contributed by atoms with Crippen LogP contribution in [-0.4, -0.2) is 29.8 Å². The summed E-state index contributed by atoms with van der Waals surface area (Å²) in [5.41, 5.74) is 2.35. The van der Waals surface area contributed by atoms with E-state index in [0.29, 0.717) is 18.5 Å². The maximum Gasteiger partial charge on any atom is 0.242 e. The van der Waals surface area contributed by atoms with Crippen LogP contribution in [0.25, 0.3) is 0 Å². The Bertz CT molecular complexity index is 776. The Morgan fingerprint density at radius 2 is 1.88 bits per heavy atom. The number of hydrogen-bond donors (Lipinski definition) is 1. The summed E-state index contributed by atoms with van der Waals surface area (Å²) in [6.07, 6.45) is 0.403. The molecule has 0 radical (unpaired) electrons. The Morgan fingerprint density at radius 1 is 1.15 bits per heavy atom. The summed E-state index contributed by atoms with van der Waals surface area (Å²) in [4.78, 5) is 26.8. The summed E-state index contributed by atoms with van der Waals surface area (Å²) >= 11 is 0. The van der Waals surface area contributed by atoms with Crippen molar-refractivity contribution in [3.05, 3.63) is 71.0 Å². The van der Waals surface area contributed by atoms with Gasteiger partial charge in [-0.15, -0.1) is 0 Å². The van der Waals surface area contributed by atoms with Crippen molar-refractivity contribution in [1.29, 1.82) is 0 Å². The number of benzene rings is 2. The number of likely N-dealkylation sites (N-methyl/N-ethyl adjacent to an activating group) is 1. The van der Waals surface area contributed by atoms with E-state index in [-0.39, 0.29) is 18.2 Å². The van der Waals surface area contributed by atoms with E-state index in [1.807, 2.05) is 38.1 Å². The second-order valence-electron chi connectivity index (χ2n) is 6.32. The quantitative estimate of drug-likeness (QED) is 0.828. The zero-order chi connectivity index (χ0) is 19.1. The fourth-order valence-corrected chi connectivity index (χ4v) is 3.00. The van der Waals surface area contributed by atoms with Crippen LogP contribution in [0.1, 0.15) is 30.0 Å². The zero-order valence-corrected chi connectivity index (χ0v) is 15.5. The number of carbonyl (C=O) groups excluding carboxylic acids is 2. The fourth-order valence-electron chi connectivity index (χ4n) is 3.00. The van der Waals surface area contributed by atoms with Crippen LogP contribution in [0.2, 0.25) is 0 Å². The highest BCUT2D eigenvalue weighted by molar-refractivity contribution is 5.88. The van der Waals surface area contributed by atoms with Gasteiger partial charge in [0.2, 0.25) is 11.8 Å². The molecule has 0 saturated heterocycles. The molecule has 1 unspecified atom stereocenters. The number of halogens is 1. The summed E-state index contributed by atoms with van der Waals surface area (Å²) in [5, 5.41) is 2.62. The molecule has 26 heavy (non-hydrogen) atoms. The summed E-state index contributed by atoms with van der Waals surface area (Å²) < 4.78 is 14.0. The average Bonchev–Trinajstić information content (AvgIpc) is 2.63. The Kier molecular flexibility index (Phi) is 6.89. The van der Waals surface area contributed by atoms with E-state index in [4.69, 9.17) is 0 Å². The molecule has 2 aromatic rings. The number of amides is 2. The first-order chi connectivity index (χ1) is 12.5. The van der Waals surface area contributed by atoms with Gasteiger partial charge in [0.05, 0.1) is 6.42 Å². The lowest BCUT2D eigenvalue weighted by molar-refractivity contribution is -0.140. The van der Waals surface area contributed by atoms with E-state index in [0.717, 1.165) is 11.1 Å². The van der Waals surface area contributed by atoms with Gasteiger partial charge >= 0.3 is 0 Å². The molecule has 1 atom stereocenters. The first-order valence-electron chi connectivity index (χ1n) is 8.76. The molecule has 4 nitrogen and oxygen atoms in total. The number of nitrogens with zero attached hydrogens (tertiary/aromatic N) is 1. The van der Waals surface area contributed by atoms with Gasteiger partial charge in [0, 0.05) is 13.6 Å². The van der Waals surface area contributed by atoms with Gasteiger partial charge < -0.3 is 10.2 Å². The number of aryl methyl sites for hydroxylation is 1. The lowest BCUT2D eigenvalue weighted by Gasteiger charge is -2.30. The standard InChI is InChI=1S/C21H25FN2O2/c1-4-19(21(26)23-3)24(14-16-9-7-8-15(2)12-16)20(25)13-17-10-5-6-11-18(17)22/h5-12,19H,4,13-14H2,1-3H3,(H,23,26). The molecule has 2 amide bonds. The maximum absolute atomic E-state index is 14.0. The number of rotatable bonds is 7. The van der Waals surface area contributed by atoms with Crippen molar-refractivity contribution in [3.63, 3.8) is 0 Å². The summed E-state index contributed by atoms with van der Waals surface area (Å²) in [6.45, 7) is 4.14. The van der Waals surface area contributed by atoms with Crippen molar-refractivity contribution in [2.75, 3.05) is 7.05 Å². The second-order valence-corrected chi connectivity index (χ2v) is 6.32. The smallest absolute Gasteiger partial charge is 0.242 e. The number of nitrogens with one attached hydrogen (secondary N) is 1. The molecule has 138 valence electrons. The molecule has 0 bridgehead atoms. The topological polar surface area (TPSA) is 49.4 Å². The van der Waals surface area contributed by atoms with E-state index >= 15 is 0 Å². The molecule has 2 rings (SSSR count). The first kappa shape index (κ1) is 19.6. The van der Waals surface area contributed by atoms with Crippen LogP contribution >= 0.6 is 0 Å². The molecule has 0 saturated carbocycles. The van der Waals surface area contributed by atoms with Gasteiger partial charge in [-0.1, -0.05) is 55.0 Å². The fraction of sp³-hybridized carbons (Fsp3) is 0.333. The zero-order valence-electron chi connectivity index (χ0n) is 15.5. The van der Waals surface area contributed by atoms with Crippen molar-refractivity contribution >= 4 is 11.8 Å². The van der Waals surface area contributed by atoms with E-state index in [1.165, 1.54) is 6.07 Å². The Hall–Kier alpha value is -2.69. The van der Waals surface area contributed by atoms with Gasteiger partial charge in [-0.25, -0.2) is 4.39 Å². The van der Waals surface area contributed by atoms with E-state index in [9.17, 15) is 14.0 Å². The Balaban J connectivity index is 2.30. The van der Waals surface area contributed by atoms with E-state index in [2.05, 4.69) is 5.32 Å². The molecule has 5 heteroatoms. The lowest BCUT2D eigenvalue weighted by Crippen LogP contribution is -2.48. The largest absolute Gasteiger partial charge is 0.357 e. The predicted molar refractivity (Wildman–Crippen MR) is 100.0 cm³/mol. The van der Waals surface area contributed by atoms with Crippen LogP contribution < -0.4 is 5.32 Å². The van der Waals surface area contributed by atoms with Crippen molar-refractivity contribution in [2.45, 2.75) is 39.3 Å². The molecule has 2 aromatic carbocycles. The van der Waals surface area contributed by atoms with Crippen LogP contribution in [-0.2, 0) is 22.6 Å². The molecule has 0 fully saturated rings. The van der Waals surface area contributed by atoms with Crippen molar-refractivity contribution in [3.8, 4) is 0 Å². The molecule has 0 aliphatic heterocycles. The predicted octanol–water partition coefficient (Wildman–Crippen LogP) is 3.23. The van der Waals surface area contributed by atoms with Crippen molar-refractivity contribution < 1.29 is 14.0 Å². The number of carbonyl (C=O) groups is 2. The summed E-state index contributed by atoms with van der Waals surface area (Å²) in [6, 6.07) is 13.4. The molecule has 1 N–H and O–H groups in total. The lowest BCUT2D eigenvalue weighted by atomic mass is 10.1. The van der Waals surface area contributed by atoms with Gasteiger partial charge in [-0.2, -0.15) is 0 Å². The first-order valence-corrected chi connectivity index (χ1v) is 8.76. The molecule has 0 aromatic heterocycles. The highest BCUT2D eigenvalue weighted by Gasteiger charge is 2.28. The van der Waals surface area contributed by atoms with Gasteiger partial charge in [0.25, 0.3) is 0 Å². The van der Waals surface area contributed by atoms with Gasteiger partial charge in [0.1, 0.15) is 11.9 Å². The van der Waals surface area contributed by atoms with Crippen molar-refractivity contribution in [1.82, 2.24) is 10.2 Å². The van der Waals surface area contributed by atoms with Crippen LogP contribution in [0, 0.1) is 12.7 Å². The second kappa shape index (κ2) is 9.13. The summed E-state index contributed by atoms with van der Waals surface area (Å²) in [5.74, 6) is -0.904. The van der Waals surface area contributed by atoms with Crippen LogP contribution in [0.15, 0.2) is 48.5 Å². The maximum atomic E-state index is 14.0. The van der Waals surface area contributed by atoms with Gasteiger partial charge in [-0.05, 0) is 30.5 Å². The van der Waals surface area contributed by atoms with Crippen molar-refractivity contribution in [2.24, 2.45) is 0 Å². The normalized spacial score (nSPS) is 11.7. The molecule has 0 spiro atoms. The number of hydrogen-bond acceptors (Lipinski definition) is 2. The monoisotopic (exact) mass is 356 g/mol. The third-order valence-corrected chi connectivity index (χ3v) is 4.37. The van der Waals surface area contributed by atoms with Crippen LogP contribution in [0.5, 0.6) is 0 Å². The summed E-state index contributed by atoms with van der Waals surface area (Å²) in [7, 11) is 1.55. The minimum Gasteiger partial charge on any atom is -0.357 e. The molecule has 0 heterocycles. The van der Waals surface area contributed by atoms with Gasteiger partial charge in [0.15, 0.2) is 0 Å². The molecule has 0 aliphatic carbocycles. The SMILES string of the molecule is CCC(C(=O)NC)N(Cc1cccc(C)c1)C(=O)Cc1ccccc1F. The van der Waals surface area contributed by atoms with E-state index < -0.39 is 11.9 Å².